The highest BCUT2D eigenvalue weighted by atomic mass is 16.3. The number of nitrogens with zero attached hydrogens (tertiary/aromatic N) is 3. The average molecular weight is 341 g/mol. The maximum Gasteiger partial charge on any atom is 0.272 e. The van der Waals surface area contributed by atoms with E-state index in [2.05, 4.69) is 25.4 Å². The van der Waals surface area contributed by atoms with Crippen molar-refractivity contribution in [1.29, 1.82) is 0 Å². The number of likely N-dealkylation sites (N-methyl/N-ethyl adjacent to an activating group) is 1. The van der Waals surface area contributed by atoms with Gasteiger partial charge in [0.05, 0.1) is 17.8 Å². The number of amides is 1. The SMILES string of the molecule is CN1CCc2[nH]nc(C(=O)NC(c3ccccn3)C3CC(O)C3)c2C1. The van der Waals surface area contributed by atoms with Crippen LogP contribution < -0.4 is 5.32 Å². The molecule has 2 aromatic rings. The molecule has 7 heteroatoms. The van der Waals surface area contributed by atoms with E-state index in [0.29, 0.717) is 18.5 Å². The molecule has 0 spiro atoms. The van der Waals surface area contributed by atoms with E-state index in [1.807, 2.05) is 25.2 Å². The van der Waals surface area contributed by atoms with Crippen LogP contribution in [0.25, 0.3) is 0 Å². The van der Waals surface area contributed by atoms with E-state index in [4.69, 9.17) is 0 Å². The Kier molecular flexibility index (Phi) is 4.27. The van der Waals surface area contributed by atoms with E-state index in [9.17, 15) is 9.90 Å². The van der Waals surface area contributed by atoms with E-state index in [1.165, 1.54) is 0 Å². The standard InChI is InChI=1S/C18H23N5O2/c1-23-7-5-14-13(10-23)17(22-21-14)18(25)20-16(11-8-12(24)9-11)15-4-2-3-6-19-15/h2-4,6,11-12,16,24H,5,7-10H2,1H3,(H,20,25)(H,21,22). The molecular formula is C18H23N5O2. The van der Waals surface area contributed by atoms with E-state index in [0.717, 1.165) is 36.5 Å². The van der Waals surface area contributed by atoms with Crippen molar-refractivity contribution in [2.75, 3.05) is 13.6 Å². The molecule has 7 nitrogen and oxygen atoms in total. The van der Waals surface area contributed by atoms with Gasteiger partial charge in [-0.15, -0.1) is 0 Å². The van der Waals surface area contributed by atoms with Crippen molar-refractivity contribution in [3.05, 3.63) is 47.0 Å². The van der Waals surface area contributed by atoms with Gasteiger partial charge in [0.1, 0.15) is 0 Å². The Hall–Kier alpha value is -2.25. The van der Waals surface area contributed by atoms with E-state index in [-0.39, 0.29) is 24.0 Å². The second kappa shape index (κ2) is 6.57. The van der Waals surface area contributed by atoms with E-state index >= 15 is 0 Å². The number of H-pyrrole nitrogens is 1. The lowest BCUT2D eigenvalue weighted by molar-refractivity contribution is 0.0227. The van der Waals surface area contributed by atoms with Gasteiger partial charge in [0.2, 0.25) is 0 Å². The maximum atomic E-state index is 12.9. The molecule has 3 N–H and O–H groups in total. The number of pyridine rings is 1. The Bertz CT molecular complexity index is 754. The van der Waals surface area contributed by atoms with Gasteiger partial charge in [0.15, 0.2) is 5.69 Å². The van der Waals surface area contributed by atoms with Crippen LogP contribution in [0.5, 0.6) is 0 Å². The third kappa shape index (κ3) is 3.17. The largest absolute Gasteiger partial charge is 0.393 e. The zero-order valence-corrected chi connectivity index (χ0v) is 14.3. The van der Waals surface area contributed by atoms with Crippen molar-refractivity contribution < 1.29 is 9.90 Å². The molecule has 1 aliphatic carbocycles. The number of aromatic amines is 1. The van der Waals surface area contributed by atoms with Gasteiger partial charge in [-0.3, -0.25) is 14.9 Å². The highest BCUT2D eigenvalue weighted by molar-refractivity contribution is 5.94. The summed E-state index contributed by atoms with van der Waals surface area (Å²) in [5, 5.41) is 20.0. The molecule has 1 saturated carbocycles. The fraction of sp³-hybridized carbons (Fsp3) is 0.500. The number of aliphatic hydroxyl groups excluding tert-OH is 1. The second-order valence-electron chi connectivity index (χ2n) is 7.11. The van der Waals surface area contributed by atoms with Crippen molar-refractivity contribution in [3.8, 4) is 0 Å². The minimum Gasteiger partial charge on any atom is -0.393 e. The zero-order valence-electron chi connectivity index (χ0n) is 14.3. The first-order valence-electron chi connectivity index (χ1n) is 8.76. The Morgan fingerprint density at radius 3 is 3.00 bits per heavy atom. The lowest BCUT2D eigenvalue weighted by Crippen LogP contribution is -2.42. The van der Waals surface area contributed by atoms with Gasteiger partial charge in [-0.2, -0.15) is 5.10 Å². The number of hydrogen-bond acceptors (Lipinski definition) is 5. The molecule has 0 saturated heterocycles. The van der Waals surface area contributed by atoms with Crippen molar-refractivity contribution in [3.63, 3.8) is 0 Å². The first-order valence-corrected chi connectivity index (χ1v) is 8.76. The van der Waals surface area contributed by atoms with E-state index < -0.39 is 0 Å². The summed E-state index contributed by atoms with van der Waals surface area (Å²) in [6, 6.07) is 5.49. The lowest BCUT2D eigenvalue weighted by Gasteiger charge is -2.37. The molecule has 0 aromatic carbocycles. The number of carbonyl (C=O) groups excluding carboxylic acids is 1. The Morgan fingerprint density at radius 1 is 1.44 bits per heavy atom. The third-order valence-corrected chi connectivity index (χ3v) is 5.25. The highest BCUT2D eigenvalue weighted by Crippen LogP contribution is 2.37. The van der Waals surface area contributed by atoms with Crippen LogP contribution in [0.1, 0.15) is 46.3 Å². The molecule has 1 unspecified atom stereocenters. The molecule has 1 fully saturated rings. The van der Waals surface area contributed by atoms with Crippen LogP contribution in [0.15, 0.2) is 24.4 Å². The quantitative estimate of drug-likeness (QED) is 0.772. The van der Waals surface area contributed by atoms with E-state index in [1.54, 1.807) is 6.20 Å². The molecule has 4 rings (SSSR count). The van der Waals surface area contributed by atoms with Gasteiger partial charge < -0.3 is 15.3 Å². The van der Waals surface area contributed by atoms with Gasteiger partial charge in [-0.1, -0.05) is 6.07 Å². The third-order valence-electron chi connectivity index (χ3n) is 5.25. The molecule has 1 amide bonds. The first-order chi connectivity index (χ1) is 12.1. The van der Waals surface area contributed by atoms with Crippen molar-refractivity contribution in [2.24, 2.45) is 5.92 Å². The number of fused-ring (bicyclic) bond motifs is 1. The Labute approximate surface area is 146 Å². The number of aliphatic hydroxyl groups is 1. The monoisotopic (exact) mass is 341 g/mol. The molecule has 1 aliphatic heterocycles. The van der Waals surface area contributed by atoms with Gasteiger partial charge in [0, 0.05) is 37.0 Å². The van der Waals surface area contributed by atoms with Crippen molar-refractivity contribution >= 4 is 5.91 Å². The van der Waals surface area contributed by atoms with Gasteiger partial charge >= 0.3 is 0 Å². The summed E-state index contributed by atoms with van der Waals surface area (Å²) in [6.45, 7) is 1.69. The minimum absolute atomic E-state index is 0.176. The fourth-order valence-corrected chi connectivity index (χ4v) is 3.72. The van der Waals surface area contributed by atoms with Crippen LogP contribution in [-0.4, -0.2) is 50.8 Å². The van der Waals surface area contributed by atoms with Crippen molar-refractivity contribution in [2.45, 2.75) is 38.0 Å². The summed E-state index contributed by atoms with van der Waals surface area (Å²) in [6.07, 6.45) is 3.70. The number of rotatable bonds is 4. The van der Waals surface area contributed by atoms with Gasteiger partial charge in [-0.05, 0) is 37.9 Å². The lowest BCUT2D eigenvalue weighted by atomic mass is 9.76. The first kappa shape index (κ1) is 16.2. The summed E-state index contributed by atoms with van der Waals surface area (Å²) < 4.78 is 0. The summed E-state index contributed by atoms with van der Waals surface area (Å²) in [7, 11) is 2.05. The molecule has 2 aliphatic rings. The van der Waals surface area contributed by atoms with Crippen LogP contribution in [0.4, 0.5) is 0 Å². The second-order valence-corrected chi connectivity index (χ2v) is 7.11. The number of carbonyl (C=O) groups is 1. The molecular weight excluding hydrogens is 318 g/mol. The number of hydrogen-bond donors (Lipinski definition) is 3. The molecule has 132 valence electrons. The highest BCUT2D eigenvalue weighted by Gasteiger charge is 2.37. The molecule has 0 radical (unpaired) electrons. The summed E-state index contributed by atoms with van der Waals surface area (Å²) in [5.74, 6) is 0.0242. The van der Waals surface area contributed by atoms with Gasteiger partial charge in [-0.25, -0.2) is 0 Å². The predicted molar refractivity (Wildman–Crippen MR) is 91.8 cm³/mol. The minimum atomic E-state index is -0.278. The zero-order chi connectivity index (χ0) is 17.4. The summed E-state index contributed by atoms with van der Waals surface area (Å²) in [5.41, 5.74) is 3.34. The van der Waals surface area contributed by atoms with Gasteiger partial charge in [0.25, 0.3) is 5.91 Å². The average Bonchev–Trinajstić information content (AvgIpc) is 3.01. The molecule has 25 heavy (non-hydrogen) atoms. The number of aromatic nitrogens is 3. The molecule has 2 aromatic heterocycles. The Balaban J connectivity index is 1.56. The van der Waals surface area contributed by atoms with Crippen LogP contribution in [0.2, 0.25) is 0 Å². The molecule has 3 heterocycles. The van der Waals surface area contributed by atoms with Crippen LogP contribution in [0, 0.1) is 5.92 Å². The number of nitrogens with one attached hydrogen (secondary N) is 2. The smallest absolute Gasteiger partial charge is 0.272 e. The van der Waals surface area contributed by atoms with Crippen molar-refractivity contribution in [1.82, 2.24) is 25.4 Å². The topological polar surface area (TPSA) is 94.1 Å². The summed E-state index contributed by atoms with van der Waals surface area (Å²) in [4.78, 5) is 19.5. The fourth-order valence-electron chi connectivity index (χ4n) is 3.72. The predicted octanol–water partition coefficient (Wildman–Crippen LogP) is 1.03. The molecule has 1 atom stereocenters. The van der Waals surface area contributed by atoms with Crippen LogP contribution >= 0.6 is 0 Å². The molecule has 0 bridgehead atoms. The summed E-state index contributed by atoms with van der Waals surface area (Å²) >= 11 is 0. The normalized spacial score (nSPS) is 24.2. The Morgan fingerprint density at radius 2 is 2.28 bits per heavy atom. The maximum absolute atomic E-state index is 12.9. The van der Waals surface area contributed by atoms with Crippen LogP contribution in [0.3, 0.4) is 0 Å². The van der Waals surface area contributed by atoms with Crippen LogP contribution in [-0.2, 0) is 13.0 Å².